The van der Waals surface area contributed by atoms with Crippen molar-refractivity contribution in [3.8, 4) is 0 Å². The van der Waals surface area contributed by atoms with Crippen molar-refractivity contribution in [2.45, 2.75) is 37.9 Å². The van der Waals surface area contributed by atoms with Crippen LogP contribution in [-0.4, -0.2) is 33.7 Å². The lowest BCUT2D eigenvalue weighted by molar-refractivity contribution is 0.0594. The van der Waals surface area contributed by atoms with E-state index in [-0.39, 0.29) is 5.97 Å². The fourth-order valence-corrected chi connectivity index (χ4v) is 3.01. The van der Waals surface area contributed by atoms with Crippen LogP contribution in [0.3, 0.4) is 0 Å². The molecule has 6 heteroatoms. The predicted molar refractivity (Wildman–Crippen MR) is 77.9 cm³/mol. The molecule has 21 heavy (non-hydrogen) atoms. The molecular weight excluding hydrogens is 268 g/mol. The number of esters is 1. The van der Waals surface area contributed by atoms with Crippen molar-refractivity contribution in [1.29, 1.82) is 0 Å². The van der Waals surface area contributed by atoms with E-state index in [1.54, 1.807) is 6.07 Å². The maximum atomic E-state index is 11.4. The van der Waals surface area contributed by atoms with Crippen LogP contribution in [-0.2, 0) is 11.3 Å². The minimum Gasteiger partial charge on any atom is -0.464 e. The first kappa shape index (κ1) is 13.9. The van der Waals surface area contributed by atoms with Gasteiger partial charge in [-0.05, 0) is 31.4 Å². The van der Waals surface area contributed by atoms with Gasteiger partial charge in [-0.15, -0.1) is 0 Å². The highest BCUT2D eigenvalue weighted by Crippen LogP contribution is 2.30. The molecule has 6 nitrogen and oxygen atoms in total. The number of nitrogens with one attached hydrogen (secondary N) is 2. The Bertz CT molecular complexity index is 591. The number of H-pyrrole nitrogens is 1. The standard InChI is InChI=1S/C15H20N4O2/c1-21-15(20)13-6-5-11(18-13)9-17-12-3-2-4-14(12)19-8-7-16-10-19/h5-8,10,12,14,17-18H,2-4,9H2,1H3. The van der Waals surface area contributed by atoms with Gasteiger partial charge >= 0.3 is 5.97 Å². The Kier molecular flexibility index (Phi) is 4.06. The second-order valence-electron chi connectivity index (χ2n) is 5.38. The van der Waals surface area contributed by atoms with Crippen LogP contribution >= 0.6 is 0 Å². The summed E-state index contributed by atoms with van der Waals surface area (Å²) in [6.45, 7) is 0.715. The van der Waals surface area contributed by atoms with Crippen LogP contribution in [0.1, 0.15) is 41.5 Å². The van der Waals surface area contributed by atoms with Crippen LogP contribution in [0.25, 0.3) is 0 Å². The predicted octanol–water partition coefficient (Wildman–Crippen LogP) is 1.88. The number of ether oxygens (including phenoxy) is 1. The van der Waals surface area contributed by atoms with E-state index in [1.165, 1.54) is 20.0 Å². The number of aromatic nitrogens is 3. The van der Waals surface area contributed by atoms with E-state index < -0.39 is 0 Å². The van der Waals surface area contributed by atoms with Crippen LogP contribution in [0.5, 0.6) is 0 Å². The summed E-state index contributed by atoms with van der Waals surface area (Å²) in [5, 5.41) is 3.57. The van der Waals surface area contributed by atoms with Gasteiger partial charge in [0.2, 0.25) is 0 Å². The van der Waals surface area contributed by atoms with Gasteiger partial charge in [-0.3, -0.25) is 0 Å². The molecule has 2 aromatic rings. The monoisotopic (exact) mass is 288 g/mol. The molecular formula is C15H20N4O2. The van der Waals surface area contributed by atoms with Gasteiger partial charge in [-0.2, -0.15) is 0 Å². The Morgan fingerprint density at radius 3 is 3.19 bits per heavy atom. The zero-order chi connectivity index (χ0) is 14.7. The van der Waals surface area contributed by atoms with E-state index in [9.17, 15) is 4.79 Å². The number of imidazole rings is 1. The Morgan fingerprint density at radius 1 is 1.52 bits per heavy atom. The topological polar surface area (TPSA) is 71.9 Å². The molecule has 0 aromatic carbocycles. The number of carbonyl (C=O) groups excluding carboxylic acids is 1. The molecule has 1 fully saturated rings. The number of nitrogens with zero attached hydrogens (tertiary/aromatic N) is 2. The molecule has 0 aliphatic heterocycles. The summed E-state index contributed by atoms with van der Waals surface area (Å²) in [6, 6.07) is 4.57. The van der Waals surface area contributed by atoms with E-state index in [4.69, 9.17) is 4.74 Å². The number of hydrogen-bond donors (Lipinski definition) is 2. The molecule has 1 aliphatic carbocycles. The molecule has 112 valence electrons. The van der Waals surface area contributed by atoms with E-state index in [0.29, 0.717) is 24.3 Å². The van der Waals surface area contributed by atoms with Crippen LogP contribution in [0, 0.1) is 0 Å². The first-order valence-corrected chi connectivity index (χ1v) is 7.25. The van der Waals surface area contributed by atoms with Crippen molar-refractivity contribution in [3.05, 3.63) is 42.2 Å². The first-order valence-electron chi connectivity index (χ1n) is 7.25. The van der Waals surface area contributed by atoms with Crippen LogP contribution in [0.4, 0.5) is 0 Å². The third-order valence-corrected chi connectivity index (χ3v) is 4.09. The number of carbonyl (C=O) groups is 1. The van der Waals surface area contributed by atoms with E-state index in [0.717, 1.165) is 12.1 Å². The van der Waals surface area contributed by atoms with Gasteiger partial charge < -0.3 is 19.6 Å². The van der Waals surface area contributed by atoms with Gasteiger partial charge in [0.05, 0.1) is 13.4 Å². The molecule has 0 saturated heterocycles. The average molecular weight is 288 g/mol. The quantitative estimate of drug-likeness (QED) is 0.824. The number of rotatable bonds is 5. The van der Waals surface area contributed by atoms with Crippen LogP contribution in [0.15, 0.2) is 30.9 Å². The van der Waals surface area contributed by atoms with Crippen molar-refractivity contribution >= 4 is 5.97 Å². The van der Waals surface area contributed by atoms with Gasteiger partial charge in [0.25, 0.3) is 0 Å². The zero-order valence-corrected chi connectivity index (χ0v) is 12.1. The van der Waals surface area contributed by atoms with Crippen molar-refractivity contribution < 1.29 is 9.53 Å². The third-order valence-electron chi connectivity index (χ3n) is 4.09. The Hall–Kier alpha value is -2.08. The van der Waals surface area contributed by atoms with Gasteiger partial charge in [0.15, 0.2) is 0 Å². The molecule has 1 aliphatic rings. The third kappa shape index (κ3) is 3.00. The summed E-state index contributed by atoms with van der Waals surface area (Å²) in [4.78, 5) is 18.6. The maximum Gasteiger partial charge on any atom is 0.354 e. The number of methoxy groups -OCH3 is 1. The highest BCUT2D eigenvalue weighted by Gasteiger charge is 2.27. The molecule has 0 spiro atoms. The SMILES string of the molecule is COC(=O)c1ccc(CNC2CCCC2n2ccnc2)[nH]1. The summed E-state index contributed by atoms with van der Waals surface area (Å²) in [7, 11) is 1.38. The van der Waals surface area contributed by atoms with Crippen molar-refractivity contribution in [2.75, 3.05) is 7.11 Å². The van der Waals surface area contributed by atoms with Crippen molar-refractivity contribution in [3.63, 3.8) is 0 Å². The lowest BCUT2D eigenvalue weighted by Gasteiger charge is -2.22. The highest BCUT2D eigenvalue weighted by molar-refractivity contribution is 5.87. The molecule has 2 aromatic heterocycles. The van der Waals surface area contributed by atoms with E-state index in [2.05, 4.69) is 19.9 Å². The summed E-state index contributed by atoms with van der Waals surface area (Å²) < 4.78 is 6.87. The smallest absolute Gasteiger partial charge is 0.354 e. The largest absolute Gasteiger partial charge is 0.464 e. The Morgan fingerprint density at radius 2 is 2.43 bits per heavy atom. The zero-order valence-electron chi connectivity index (χ0n) is 12.1. The van der Waals surface area contributed by atoms with Gasteiger partial charge in [0, 0.05) is 36.7 Å². The molecule has 0 bridgehead atoms. The Labute approximate surface area is 123 Å². The summed E-state index contributed by atoms with van der Waals surface area (Å²) >= 11 is 0. The van der Waals surface area contributed by atoms with Crippen molar-refractivity contribution in [2.24, 2.45) is 0 Å². The van der Waals surface area contributed by atoms with Crippen LogP contribution in [0.2, 0.25) is 0 Å². The van der Waals surface area contributed by atoms with Crippen molar-refractivity contribution in [1.82, 2.24) is 19.9 Å². The molecule has 0 amide bonds. The second kappa shape index (κ2) is 6.13. The van der Waals surface area contributed by atoms with Crippen LogP contribution < -0.4 is 5.32 Å². The van der Waals surface area contributed by atoms with E-state index >= 15 is 0 Å². The number of aromatic amines is 1. The fraction of sp³-hybridized carbons (Fsp3) is 0.467. The molecule has 1 saturated carbocycles. The molecule has 2 unspecified atom stereocenters. The van der Waals surface area contributed by atoms with Gasteiger partial charge in [-0.1, -0.05) is 0 Å². The molecule has 0 radical (unpaired) electrons. The molecule has 2 atom stereocenters. The lowest BCUT2D eigenvalue weighted by atomic mass is 10.1. The normalized spacial score (nSPS) is 21.6. The molecule has 3 rings (SSSR count). The fourth-order valence-electron chi connectivity index (χ4n) is 3.01. The Balaban J connectivity index is 1.59. The van der Waals surface area contributed by atoms with Gasteiger partial charge in [-0.25, -0.2) is 9.78 Å². The highest BCUT2D eigenvalue weighted by atomic mass is 16.5. The minimum absolute atomic E-state index is 0.335. The summed E-state index contributed by atoms with van der Waals surface area (Å²) in [5.41, 5.74) is 1.48. The number of hydrogen-bond acceptors (Lipinski definition) is 4. The second-order valence-corrected chi connectivity index (χ2v) is 5.38. The van der Waals surface area contributed by atoms with Gasteiger partial charge in [0.1, 0.15) is 5.69 Å². The average Bonchev–Trinajstić information content (AvgIpc) is 3.22. The molecule has 2 heterocycles. The minimum atomic E-state index is -0.335. The lowest BCUT2D eigenvalue weighted by Crippen LogP contribution is -2.33. The van der Waals surface area contributed by atoms with E-state index in [1.807, 2.05) is 24.8 Å². The first-order chi connectivity index (χ1) is 10.3. The molecule has 2 N–H and O–H groups in total. The summed E-state index contributed by atoms with van der Waals surface area (Å²) in [5.74, 6) is -0.335. The maximum absolute atomic E-state index is 11.4. The summed E-state index contributed by atoms with van der Waals surface area (Å²) in [6.07, 6.45) is 9.28.